The van der Waals surface area contributed by atoms with Crippen LogP contribution in [0.15, 0.2) is 61.7 Å². The van der Waals surface area contributed by atoms with E-state index in [0.29, 0.717) is 30.3 Å². The van der Waals surface area contributed by atoms with Gasteiger partial charge in [-0.05, 0) is 59.6 Å². The Balaban J connectivity index is 2.62. The number of allylic oxidation sites excluding steroid dienone is 2. The molecule has 0 bridgehead atoms. The SMILES string of the molecule is C=CCc1cc(C(C)(CC(C)C)c2ccc(O)c(CC=C)c2)ccc1O. The molecule has 138 valence electrons. The van der Waals surface area contributed by atoms with Crippen LogP contribution in [-0.2, 0) is 18.3 Å². The summed E-state index contributed by atoms with van der Waals surface area (Å²) in [5, 5.41) is 20.3. The van der Waals surface area contributed by atoms with Gasteiger partial charge in [-0.2, -0.15) is 0 Å². The van der Waals surface area contributed by atoms with Crippen molar-refractivity contribution >= 4 is 0 Å². The van der Waals surface area contributed by atoms with Crippen LogP contribution < -0.4 is 0 Å². The third-order valence-corrected chi connectivity index (χ3v) is 4.98. The molecule has 0 aliphatic rings. The third-order valence-electron chi connectivity index (χ3n) is 4.98. The molecule has 0 fully saturated rings. The maximum atomic E-state index is 10.1. The maximum absolute atomic E-state index is 10.1. The molecule has 26 heavy (non-hydrogen) atoms. The summed E-state index contributed by atoms with van der Waals surface area (Å²) in [5.74, 6) is 1.10. The van der Waals surface area contributed by atoms with Gasteiger partial charge in [0.15, 0.2) is 0 Å². The van der Waals surface area contributed by atoms with E-state index in [2.05, 4.69) is 46.1 Å². The second-order valence-electron chi connectivity index (χ2n) is 7.60. The highest BCUT2D eigenvalue weighted by Crippen LogP contribution is 2.40. The predicted octanol–water partition coefficient (Wildman–Crippen LogP) is 5.91. The highest BCUT2D eigenvalue weighted by molar-refractivity contribution is 5.48. The lowest BCUT2D eigenvalue weighted by Crippen LogP contribution is -2.26. The minimum atomic E-state index is -0.221. The molecule has 2 heteroatoms. The first-order valence-corrected chi connectivity index (χ1v) is 9.18. The first-order chi connectivity index (χ1) is 12.3. The van der Waals surface area contributed by atoms with Crippen molar-refractivity contribution in [1.29, 1.82) is 0 Å². The average molecular weight is 351 g/mol. The quantitative estimate of drug-likeness (QED) is 0.581. The van der Waals surface area contributed by atoms with Gasteiger partial charge in [0, 0.05) is 5.41 Å². The van der Waals surface area contributed by atoms with Crippen LogP contribution in [0.5, 0.6) is 11.5 Å². The molecule has 0 saturated carbocycles. The molecule has 0 radical (unpaired) electrons. The molecule has 2 nitrogen and oxygen atoms in total. The Kier molecular flexibility index (Phi) is 6.31. The summed E-state index contributed by atoms with van der Waals surface area (Å²) in [6.07, 6.45) is 5.84. The van der Waals surface area contributed by atoms with Crippen LogP contribution >= 0.6 is 0 Å². The number of benzene rings is 2. The Hall–Kier alpha value is -2.48. The van der Waals surface area contributed by atoms with Crippen LogP contribution in [0.2, 0.25) is 0 Å². The molecular formula is C24H30O2. The van der Waals surface area contributed by atoms with E-state index in [-0.39, 0.29) is 5.41 Å². The summed E-state index contributed by atoms with van der Waals surface area (Å²) in [5.41, 5.74) is 3.88. The fourth-order valence-electron chi connectivity index (χ4n) is 3.71. The van der Waals surface area contributed by atoms with Crippen LogP contribution in [-0.4, -0.2) is 10.2 Å². The van der Waals surface area contributed by atoms with Gasteiger partial charge in [-0.15, -0.1) is 13.2 Å². The first kappa shape index (κ1) is 19.8. The van der Waals surface area contributed by atoms with E-state index in [0.717, 1.165) is 28.7 Å². The van der Waals surface area contributed by atoms with E-state index < -0.39 is 0 Å². The van der Waals surface area contributed by atoms with Crippen LogP contribution in [0.25, 0.3) is 0 Å². The molecule has 2 N–H and O–H groups in total. The second kappa shape index (κ2) is 8.27. The van der Waals surface area contributed by atoms with Gasteiger partial charge >= 0.3 is 0 Å². The molecule has 2 aromatic carbocycles. The highest BCUT2D eigenvalue weighted by Gasteiger charge is 2.31. The zero-order valence-corrected chi connectivity index (χ0v) is 16.1. The molecule has 0 aliphatic heterocycles. The van der Waals surface area contributed by atoms with Gasteiger partial charge in [0.2, 0.25) is 0 Å². The Morgan fingerprint density at radius 2 is 1.31 bits per heavy atom. The zero-order valence-electron chi connectivity index (χ0n) is 16.1. The predicted molar refractivity (Wildman–Crippen MR) is 110 cm³/mol. The molecule has 0 saturated heterocycles. The van der Waals surface area contributed by atoms with E-state index in [1.807, 2.05) is 12.1 Å². The van der Waals surface area contributed by atoms with Crippen molar-refractivity contribution < 1.29 is 10.2 Å². The molecule has 0 atom stereocenters. The largest absolute Gasteiger partial charge is 0.508 e. The molecule has 0 aromatic heterocycles. The van der Waals surface area contributed by atoms with E-state index in [9.17, 15) is 10.2 Å². The van der Waals surface area contributed by atoms with Crippen molar-refractivity contribution in [3.63, 3.8) is 0 Å². The van der Waals surface area contributed by atoms with Crippen LogP contribution in [0.1, 0.15) is 49.4 Å². The normalized spacial score (nSPS) is 11.5. The minimum absolute atomic E-state index is 0.221. The number of hydrogen-bond acceptors (Lipinski definition) is 2. The van der Waals surface area contributed by atoms with E-state index in [4.69, 9.17) is 0 Å². The summed E-state index contributed by atoms with van der Waals surface area (Å²) < 4.78 is 0. The second-order valence-corrected chi connectivity index (χ2v) is 7.60. The topological polar surface area (TPSA) is 40.5 Å². The lowest BCUT2D eigenvalue weighted by Gasteiger charge is -2.34. The number of phenols is 2. The number of phenolic OH excluding ortho intramolecular Hbond substituents is 2. The molecule has 0 heterocycles. The van der Waals surface area contributed by atoms with Crippen LogP contribution in [0.4, 0.5) is 0 Å². The van der Waals surface area contributed by atoms with Crippen LogP contribution in [0.3, 0.4) is 0 Å². The Bertz CT molecular complexity index is 727. The molecular weight excluding hydrogens is 320 g/mol. The summed E-state index contributed by atoms with van der Waals surface area (Å²) in [4.78, 5) is 0. The van der Waals surface area contributed by atoms with E-state index in [1.165, 1.54) is 0 Å². The number of hydrogen-bond donors (Lipinski definition) is 2. The Labute approximate surface area is 157 Å². The maximum Gasteiger partial charge on any atom is 0.119 e. The highest BCUT2D eigenvalue weighted by atomic mass is 16.3. The van der Waals surface area contributed by atoms with Gasteiger partial charge in [0.25, 0.3) is 0 Å². The van der Waals surface area contributed by atoms with Crippen molar-refractivity contribution in [2.75, 3.05) is 0 Å². The fourth-order valence-corrected chi connectivity index (χ4v) is 3.71. The molecule has 2 rings (SSSR count). The number of aromatic hydroxyl groups is 2. The van der Waals surface area contributed by atoms with Crippen molar-refractivity contribution in [3.8, 4) is 11.5 Å². The smallest absolute Gasteiger partial charge is 0.119 e. The lowest BCUT2D eigenvalue weighted by molar-refractivity contribution is 0.423. The van der Waals surface area contributed by atoms with Crippen LogP contribution in [0, 0.1) is 5.92 Å². The van der Waals surface area contributed by atoms with Crippen molar-refractivity contribution in [3.05, 3.63) is 84.0 Å². The van der Waals surface area contributed by atoms with Crippen molar-refractivity contribution in [1.82, 2.24) is 0 Å². The van der Waals surface area contributed by atoms with Gasteiger partial charge < -0.3 is 10.2 Å². The first-order valence-electron chi connectivity index (χ1n) is 9.18. The average Bonchev–Trinajstić information content (AvgIpc) is 2.58. The monoisotopic (exact) mass is 350 g/mol. The molecule has 0 unspecified atom stereocenters. The van der Waals surface area contributed by atoms with E-state index >= 15 is 0 Å². The Morgan fingerprint density at radius 3 is 1.65 bits per heavy atom. The summed E-state index contributed by atoms with van der Waals surface area (Å²) in [6, 6.07) is 11.7. The minimum Gasteiger partial charge on any atom is -0.508 e. The molecule has 0 amide bonds. The molecule has 0 aliphatic carbocycles. The lowest BCUT2D eigenvalue weighted by atomic mass is 9.70. The van der Waals surface area contributed by atoms with Gasteiger partial charge in [-0.3, -0.25) is 0 Å². The number of rotatable bonds is 8. The van der Waals surface area contributed by atoms with Gasteiger partial charge in [0.05, 0.1) is 0 Å². The molecule has 2 aromatic rings. The summed E-state index contributed by atoms with van der Waals surface area (Å²) in [7, 11) is 0. The summed E-state index contributed by atoms with van der Waals surface area (Å²) >= 11 is 0. The molecule has 0 spiro atoms. The summed E-state index contributed by atoms with van der Waals surface area (Å²) in [6.45, 7) is 14.2. The van der Waals surface area contributed by atoms with Gasteiger partial charge in [-0.25, -0.2) is 0 Å². The zero-order chi connectivity index (χ0) is 19.3. The van der Waals surface area contributed by atoms with Gasteiger partial charge in [0.1, 0.15) is 11.5 Å². The van der Waals surface area contributed by atoms with Gasteiger partial charge in [-0.1, -0.05) is 57.2 Å². The fraction of sp³-hybridized carbons (Fsp3) is 0.333. The van der Waals surface area contributed by atoms with Crippen molar-refractivity contribution in [2.24, 2.45) is 5.92 Å². The standard InChI is InChI=1S/C24H30O2/c1-6-8-18-14-20(10-12-22(18)25)24(5,16-17(3)4)21-11-13-23(26)19(15-21)9-7-2/h6-7,10-15,17,25-26H,1-2,8-9,16H2,3-5H3. The van der Waals surface area contributed by atoms with Crippen molar-refractivity contribution in [2.45, 2.75) is 45.4 Å². The third kappa shape index (κ3) is 4.19. The Morgan fingerprint density at radius 1 is 0.885 bits per heavy atom. The van der Waals surface area contributed by atoms with E-state index in [1.54, 1.807) is 24.3 Å².